The van der Waals surface area contributed by atoms with E-state index in [1.807, 2.05) is 6.20 Å². The fourth-order valence-corrected chi connectivity index (χ4v) is 9.70. The minimum absolute atomic E-state index is 0.0361. The van der Waals surface area contributed by atoms with Gasteiger partial charge in [0, 0.05) is 28.3 Å². The Hall–Kier alpha value is -5.13. The summed E-state index contributed by atoms with van der Waals surface area (Å²) in [5.74, 6) is 0.971. The topological polar surface area (TPSA) is 24.3 Å². The second-order valence-electron chi connectivity index (χ2n) is 14.7. The molecular weight excluding hydrogens is 601 g/mol. The number of pyridine rings is 1. The van der Waals surface area contributed by atoms with E-state index in [0.717, 1.165) is 12.5 Å². The van der Waals surface area contributed by atoms with E-state index < -0.39 is 8.07 Å². The lowest BCUT2D eigenvalue weighted by Gasteiger charge is -2.27. The molecule has 0 aliphatic carbocycles. The fraction of sp³-hybridized carbons (Fsp3) is 0.186. The molecule has 238 valence electrons. The second-order valence-corrected chi connectivity index (χ2v) is 19.1. The highest BCUT2D eigenvalue weighted by molar-refractivity contribution is 7.00. The van der Waals surface area contributed by atoms with E-state index in [0.29, 0.717) is 0 Å². The number of hydrogen-bond acceptors (Lipinski definition) is 3. The van der Waals surface area contributed by atoms with Gasteiger partial charge in [-0.25, -0.2) is 4.98 Å². The molecule has 4 nitrogen and oxygen atoms in total. The Morgan fingerprint density at radius 3 is 2.04 bits per heavy atom. The molecule has 0 amide bonds. The molecule has 0 atom stereocenters. The highest BCUT2D eigenvalue weighted by atomic mass is 28.3. The monoisotopic (exact) mass is 642 g/mol. The van der Waals surface area contributed by atoms with Crippen molar-refractivity contribution in [1.82, 2.24) is 9.55 Å². The molecule has 5 heteroatoms. The summed E-state index contributed by atoms with van der Waals surface area (Å²) in [6.07, 6.45) is 1.96. The summed E-state index contributed by atoms with van der Waals surface area (Å²) in [5.41, 5.74) is 9.98. The van der Waals surface area contributed by atoms with Crippen molar-refractivity contribution in [3.05, 3.63) is 145 Å². The molecule has 1 aliphatic rings. The van der Waals surface area contributed by atoms with Gasteiger partial charge in [0.05, 0.1) is 22.4 Å². The van der Waals surface area contributed by atoms with Crippen molar-refractivity contribution < 1.29 is 0 Å². The van der Waals surface area contributed by atoms with Crippen LogP contribution in [0.5, 0.6) is 0 Å². The van der Waals surface area contributed by atoms with E-state index in [9.17, 15) is 0 Å². The van der Waals surface area contributed by atoms with Gasteiger partial charge in [-0.2, -0.15) is 0 Å². The third kappa shape index (κ3) is 4.92. The highest BCUT2D eigenvalue weighted by Crippen LogP contribution is 2.44. The summed E-state index contributed by atoms with van der Waals surface area (Å²) in [7, 11) is -2.12. The van der Waals surface area contributed by atoms with Crippen molar-refractivity contribution in [2.75, 3.05) is 16.5 Å². The van der Waals surface area contributed by atoms with Crippen LogP contribution in [0.15, 0.2) is 134 Å². The zero-order chi connectivity index (χ0) is 33.2. The number of rotatable bonds is 5. The van der Waals surface area contributed by atoms with Gasteiger partial charge in [-0.05, 0) is 78.1 Å². The van der Waals surface area contributed by atoms with Crippen molar-refractivity contribution in [2.45, 2.75) is 46.2 Å². The Morgan fingerprint density at radius 2 is 1.27 bits per heavy atom. The number of aryl methyl sites for hydroxylation is 1. The number of fused-ring (bicyclic) bond motifs is 4. The van der Waals surface area contributed by atoms with Gasteiger partial charge in [0.2, 0.25) is 0 Å². The highest BCUT2D eigenvalue weighted by Gasteiger charge is 2.31. The van der Waals surface area contributed by atoms with E-state index in [1.54, 1.807) is 0 Å². The summed E-state index contributed by atoms with van der Waals surface area (Å²) < 4.78 is 2.37. The molecule has 3 heterocycles. The van der Waals surface area contributed by atoms with Gasteiger partial charge in [-0.3, -0.25) is 4.57 Å². The van der Waals surface area contributed by atoms with Gasteiger partial charge >= 0.3 is 0 Å². The van der Waals surface area contributed by atoms with E-state index in [-0.39, 0.29) is 5.41 Å². The van der Waals surface area contributed by atoms with Crippen molar-refractivity contribution >= 4 is 63.0 Å². The zero-order valence-corrected chi connectivity index (χ0v) is 29.7. The molecule has 1 aliphatic heterocycles. The third-order valence-corrected chi connectivity index (χ3v) is 13.8. The Balaban J connectivity index is 1.22. The molecule has 0 saturated heterocycles. The van der Waals surface area contributed by atoms with Crippen LogP contribution in [0.1, 0.15) is 31.9 Å². The van der Waals surface area contributed by atoms with Gasteiger partial charge < -0.3 is 9.80 Å². The van der Waals surface area contributed by atoms with Crippen LogP contribution in [0.4, 0.5) is 22.7 Å². The second kappa shape index (κ2) is 11.2. The van der Waals surface area contributed by atoms with Gasteiger partial charge in [-0.1, -0.05) is 117 Å². The SMILES string of the molecule is Cc1ccccc1N1CN(c2cccc([Si](C)(C)c3ccc4c5ccccc5n(-c5cc(C(C)(C)C)ccn5)c4c3)c2)c2ccccc21. The molecule has 0 unspecified atom stereocenters. The van der Waals surface area contributed by atoms with E-state index in [1.165, 1.54) is 66.1 Å². The normalized spacial score (nSPS) is 13.5. The molecule has 48 heavy (non-hydrogen) atoms. The van der Waals surface area contributed by atoms with Gasteiger partial charge in [0.15, 0.2) is 0 Å². The standard InChI is InChI=1S/C43H42N4Si/c1-30-14-7-9-18-37(30)46-29-45(39-20-11-12-21-40(39)46)32-15-13-16-33(27-32)48(5,6)34-22-23-36-35-17-8-10-19-38(35)47(41(36)28-34)42-26-31(24-25-44-42)43(2,3)4/h7-28H,29H2,1-6H3. The molecular formula is C43H42N4Si. The van der Waals surface area contributed by atoms with Gasteiger partial charge in [0.25, 0.3) is 0 Å². The number of nitrogens with zero attached hydrogens (tertiary/aromatic N) is 4. The molecule has 0 saturated carbocycles. The van der Waals surface area contributed by atoms with Crippen molar-refractivity contribution in [3.8, 4) is 5.82 Å². The van der Waals surface area contributed by atoms with Crippen molar-refractivity contribution in [2.24, 2.45) is 0 Å². The molecule has 8 rings (SSSR count). The Morgan fingerprint density at radius 1 is 0.604 bits per heavy atom. The summed E-state index contributed by atoms with van der Waals surface area (Å²) in [6.45, 7) is 14.7. The first kappa shape index (κ1) is 30.2. The van der Waals surface area contributed by atoms with Crippen LogP contribution in [-0.2, 0) is 5.41 Å². The number of para-hydroxylation sites is 4. The van der Waals surface area contributed by atoms with Crippen LogP contribution in [0.3, 0.4) is 0 Å². The summed E-state index contributed by atoms with van der Waals surface area (Å²) in [4.78, 5) is 9.82. The first-order valence-electron chi connectivity index (χ1n) is 16.9. The quantitative estimate of drug-likeness (QED) is 0.175. The van der Waals surface area contributed by atoms with E-state index >= 15 is 0 Å². The maximum atomic E-state index is 4.92. The van der Waals surface area contributed by atoms with E-state index in [4.69, 9.17) is 4.98 Å². The fourth-order valence-electron chi connectivity index (χ4n) is 7.35. The van der Waals surface area contributed by atoms with Gasteiger partial charge in [-0.15, -0.1) is 0 Å². The smallest absolute Gasteiger partial charge is 0.137 e. The molecule has 0 fully saturated rings. The lowest BCUT2D eigenvalue weighted by Crippen LogP contribution is -2.53. The minimum atomic E-state index is -2.12. The Kier molecular flexibility index (Phi) is 7.08. The van der Waals surface area contributed by atoms with Crippen molar-refractivity contribution in [3.63, 3.8) is 0 Å². The molecule has 5 aromatic carbocycles. The summed E-state index contributed by atoms with van der Waals surface area (Å²) in [5, 5.41) is 5.35. The molecule has 0 spiro atoms. The van der Waals surface area contributed by atoms with Gasteiger partial charge in [0.1, 0.15) is 20.6 Å². The summed E-state index contributed by atoms with van der Waals surface area (Å²) >= 11 is 0. The third-order valence-electron chi connectivity index (χ3n) is 10.3. The first-order valence-corrected chi connectivity index (χ1v) is 19.9. The maximum Gasteiger partial charge on any atom is 0.137 e. The van der Waals surface area contributed by atoms with Crippen LogP contribution in [-0.4, -0.2) is 24.3 Å². The van der Waals surface area contributed by atoms with Crippen LogP contribution >= 0.6 is 0 Å². The minimum Gasteiger partial charge on any atom is -0.321 e. The molecule has 0 radical (unpaired) electrons. The zero-order valence-electron chi connectivity index (χ0n) is 28.7. The van der Waals surface area contributed by atoms with Crippen LogP contribution in [0, 0.1) is 6.92 Å². The Bertz CT molecular complexity index is 2330. The molecule has 0 N–H and O–H groups in total. The molecule has 0 bridgehead atoms. The first-order chi connectivity index (χ1) is 23.1. The molecule has 7 aromatic rings. The lowest BCUT2D eigenvalue weighted by molar-refractivity contribution is 0.588. The predicted molar refractivity (Wildman–Crippen MR) is 207 cm³/mol. The predicted octanol–water partition coefficient (Wildman–Crippen LogP) is 9.85. The number of benzene rings is 5. The largest absolute Gasteiger partial charge is 0.321 e. The average Bonchev–Trinajstić information content (AvgIpc) is 3.64. The van der Waals surface area contributed by atoms with Crippen LogP contribution < -0.4 is 20.2 Å². The number of hydrogen-bond donors (Lipinski definition) is 0. The lowest BCUT2D eigenvalue weighted by atomic mass is 9.88. The summed E-state index contributed by atoms with van der Waals surface area (Å²) in [6, 6.07) is 47.1. The van der Waals surface area contributed by atoms with Crippen LogP contribution in [0.25, 0.3) is 27.6 Å². The van der Waals surface area contributed by atoms with E-state index in [2.05, 4.69) is 183 Å². The van der Waals surface area contributed by atoms with Crippen LogP contribution in [0.2, 0.25) is 13.1 Å². The Labute approximate surface area is 284 Å². The average molecular weight is 643 g/mol. The molecule has 2 aromatic heterocycles. The van der Waals surface area contributed by atoms with Crippen molar-refractivity contribution in [1.29, 1.82) is 0 Å². The number of aromatic nitrogens is 2. The maximum absolute atomic E-state index is 4.92. The number of anilines is 4.